The Morgan fingerprint density at radius 1 is 1.59 bits per heavy atom. The van der Waals surface area contributed by atoms with E-state index in [4.69, 9.17) is 10.5 Å². The van der Waals surface area contributed by atoms with E-state index in [0.717, 1.165) is 0 Å². The number of aromatic nitrogens is 3. The van der Waals surface area contributed by atoms with Crippen LogP contribution < -0.4 is 5.73 Å². The molecule has 0 saturated carbocycles. The smallest absolute Gasteiger partial charge is 0.149 e. The van der Waals surface area contributed by atoms with Crippen LogP contribution in [0.4, 0.5) is 0 Å². The Balaban J connectivity index is 2.62. The van der Waals surface area contributed by atoms with Crippen molar-refractivity contribution in [3.8, 4) is 0 Å². The molecule has 0 saturated heterocycles. The molecule has 0 spiro atoms. The normalized spacial score (nSPS) is 13.8. The van der Waals surface area contributed by atoms with Crippen molar-refractivity contribution in [2.45, 2.75) is 19.0 Å². The minimum Gasteiger partial charge on any atom is -0.383 e. The summed E-state index contributed by atoms with van der Waals surface area (Å²) < 4.78 is 28.8. The Bertz CT molecular complexity index is 443. The molecule has 8 heteroatoms. The van der Waals surface area contributed by atoms with Crippen LogP contribution in [0, 0.1) is 0 Å². The molecule has 0 aromatic carbocycles. The topological polar surface area (TPSA) is 100 Å². The summed E-state index contributed by atoms with van der Waals surface area (Å²) in [5.74, 6) is 0.636. The fourth-order valence-electron chi connectivity index (χ4n) is 1.38. The zero-order valence-electron chi connectivity index (χ0n) is 10.0. The number of ether oxygens (including phenoxy) is 1. The van der Waals surface area contributed by atoms with E-state index in [2.05, 4.69) is 10.2 Å². The van der Waals surface area contributed by atoms with E-state index in [1.165, 1.54) is 6.26 Å². The summed E-state index contributed by atoms with van der Waals surface area (Å²) in [6, 6.07) is -0.427. The lowest BCUT2D eigenvalue weighted by Gasteiger charge is -2.12. The first-order chi connectivity index (χ1) is 7.94. The SMILES string of the molecule is COCCn1cnnc1C(N)CCS(C)(=O)=O. The third-order valence-electron chi connectivity index (χ3n) is 2.31. The number of rotatable bonds is 7. The zero-order valence-corrected chi connectivity index (χ0v) is 10.9. The van der Waals surface area contributed by atoms with E-state index in [9.17, 15) is 8.42 Å². The Hall–Kier alpha value is -0.990. The zero-order chi connectivity index (χ0) is 12.9. The van der Waals surface area contributed by atoms with Crippen molar-refractivity contribution in [1.29, 1.82) is 0 Å². The van der Waals surface area contributed by atoms with Crippen LogP contribution in [0.1, 0.15) is 18.3 Å². The van der Waals surface area contributed by atoms with Crippen molar-refractivity contribution in [2.24, 2.45) is 5.73 Å². The third-order valence-corrected chi connectivity index (χ3v) is 3.29. The molecule has 0 aliphatic heterocycles. The van der Waals surface area contributed by atoms with Crippen molar-refractivity contribution in [3.05, 3.63) is 12.2 Å². The van der Waals surface area contributed by atoms with Crippen LogP contribution in [-0.2, 0) is 21.1 Å². The molecule has 1 atom stereocenters. The highest BCUT2D eigenvalue weighted by atomic mass is 32.2. The van der Waals surface area contributed by atoms with Gasteiger partial charge in [0, 0.05) is 19.9 Å². The van der Waals surface area contributed by atoms with E-state index in [1.807, 2.05) is 0 Å². The van der Waals surface area contributed by atoms with Gasteiger partial charge in [-0.25, -0.2) is 8.42 Å². The molecule has 0 amide bonds. The molecule has 1 rings (SSSR count). The number of methoxy groups -OCH3 is 1. The number of hydrogen-bond acceptors (Lipinski definition) is 6. The molecule has 0 aliphatic rings. The minimum atomic E-state index is -3.00. The van der Waals surface area contributed by atoms with Gasteiger partial charge in [-0.15, -0.1) is 10.2 Å². The van der Waals surface area contributed by atoms with Crippen molar-refractivity contribution in [1.82, 2.24) is 14.8 Å². The quantitative estimate of drug-likeness (QED) is 0.701. The molecule has 7 nitrogen and oxygen atoms in total. The predicted octanol–water partition coefficient (Wildman–Crippen LogP) is -0.641. The van der Waals surface area contributed by atoms with Crippen LogP contribution >= 0.6 is 0 Å². The summed E-state index contributed by atoms with van der Waals surface area (Å²) in [6.07, 6.45) is 3.09. The minimum absolute atomic E-state index is 0.0469. The molecule has 1 heterocycles. The second-order valence-electron chi connectivity index (χ2n) is 3.90. The highest BCUT2D eigenvalue weighted by molar-refractivity contribution is 7.90. The molecule has 0 radical (unpaired) electrons. The van der Waals surface area contributed by atoms with Crippen LogP contribution in [0.3, 0.4) is 0 Å². The maximum absolute atomic E-state index is 11.0. The Labute approximate surface area is 101 Å². The van der Waals surface area contributed by atoms with Crippen LogP contribution in [0.5, 0.6) is 0 Å². The maximum atomic E-state index is 11.0. The average molecular weight is 262 g/mol. The fraction of sp³-hybridized carbons (Fsp3) is 0.778. The monoisotopic (exact) mass is 262 g/mol. The predicted molar refractivity (Wildman–Crippen MR) is 63.2 cm³/mol. The summed E-state index contributed by atoms with van der Waals surface area (Å²) >= 11 is 0. The van der Waals surface area contributed by atoms with Gasteiger partial charge >= 0.3 is 0 Å². The van der Waals surface area contributed by atoms with Gasteiger partial charge in [-0.3, -0.25) is 0 Å². The van der Waals surface area contributed by atoms with E-state index in [1.54, 1.807) is 18.0 Å². The molecule has 0 bridgehead atoms. The van der Waals surface area contributed by atoms with Gasteiger partial charge in [-0.1, -0.05) is 0 Å². The highest BCUT2D eigenvalue weighted by Crippen LogP contribution is 2.11. The van der Waals surface area contributed by atoms with Crippen molar-refractivity contribution >= 4 is 9.84 Å². The number of hydrogen-bond donors (Lipinski definition) is 1. The first kappa shape index (κ1) is 14.1. The van der Waals surface area contributed by atoms with Gasteiger partial charge in [0.05, 0.1) is 18.4 Å². The summed E-state index contributed by atoms with van der Waals surface area (Å²) in [4.78, 5) is 0. The largest absolute Gasteiger partial charge is 0.383 e. The summed E-state index contributed by atoms with van der Waals surface area (Å²) in [7, 11) is -1.40. The lowest BCUT2D eigenvalue weighted by Crippen LogP contribution is -2.20. The summed E-state index contributed by atoms with van der Waals surface area (Å²) in [5, 5.41) is 7.68. The van der Waals surface area contributed by atoms with Gasteiger partial charge in [0.15, 0.2) is 0 Å². The number of sulfone groups is 1. The summed E-state index contributed by atoms with van der Waals surface area (Å²) in [6.45, 7) is 1.13. The molecule has 0 aliphatic carbocycles. The molecule has 1 aromatic rings. The fourth-order valence-corrected chi connectivity index (χ4v) is 2.07. The second-order valence-corrected chi connectivity index (χ2v) is 6.16. The van der Waals surface area contributed by atoms with Gasteiger partial charge in [-0.05, 0) is 6.42 Å². The lowest BCUT2D eigenvalue weighted by atomic mass is 10.2. The van der Waals surface area contributed by atoms with Crippen LogP contribution in [0.15, 0.2) is 6.33 Å². The van der Waals surface area contributed by atoms with Gasteiger partial charge in [0.2, 0.25) is 0 Å². The Kier molecular flexibility index (Phi) is 5.03. The van der Waals surface area contributed by atoms with Crippen molar-refractivity contribution < 1.29 is 13.2 Å². The third kappa shape index (κ3) is 4.80. The first-order valence-corrected chi connectivity index (χ1v) is 7.30. The molecule has 1 unspecified atom stereocenters. The molecule has 1 aromatic heterocycles. The van der Waals surface area contributed by atoms with Crippen LogP contribution in [-0.4, -0.2) is 48.9 Å². The lowest BCUT2D eigenvalue weighted by molar-refractivity contribution is 0.185. The Morgan fingerprint density at radius 3 is 2.88 bits per heavy atom. The van der Waals surface area contributed by atoms with Gasteiger partial charge in [0.1, 0.15) is 22.0 Å². The summed E-state index contributed by atoms with van der Waals surface area (Å²) in [5.41, 5.74) is 5.89. The second kappa shape index (κ2) is 6.08. The maximum Gasteiger partial charge on any atom is 0.149 e. The molecule has 17 heavy (non-hydrogen) atoms. The molecule has 2 N–H and O–H groups in total. The van der Waals surface area contributed by atoms with E-state index < -0.39 is 15.9 Å². The first-order valence-electron chi connectivity index (χ1n) is 5.24. The van der Waals surface area contributed by atoms with Crippen LogP contribution in [0.2, 0.25) is 0 Å². The van der Waals surface area contributed by atoms with E-state index >= 15 is 0 Å². The molecule has 98 valence electrons. The average Bonchev–Trinajstić information content (AvgIpc) is 2.70. The van der Waals surface area contributed by atoms with Gasteiger partial charge in [0.25, 0.3) is 0 Å². The van der Waals surface area contributed by atoms with Crippen LogP contribution in [0.25, 0.3) is 0 Å². The highest BCUT2D eigenvalue weighted by Gasteiger charge is 2.15. The van der Waals surface area contributed by atoms with E-state index in [0.29, 0.717) is 25.4 Å². The Morgan fingerprint density at radius 2 is 2.29 bits per heavy atom. The van der Waals surface area contributed by atoms with E-state index in [-0.39, 0.29) is 5.75 Å². The number of nitrogens with two attached hydrogens (primary N) is 1. The standard InChI is InChI=1S/C9H18N4O3S/c1-16-5-4-13-7-11-12-9(13)8(10)3-6-17(2,14)15/h7-8H,3-6,10H2,1-2H3. The van der Waals surface area contributed by atoms with Gasteiger partial charge in [-0.2, -0.15) is 0 Å². The van der Waals surface area contributed by atoms with Gasteiger partial charge < -0.3 is 15.0 Å². The number of nitrogens with zero attached hydrogens (tertiary/aromatic N) is 3. The molecular formula is C9H18N4O3S. The van der Waals surface area contributed by atoms with Crippen molar-refractivity contribution in [3.63, 3.8) is 0 Å². The molecule has 0 fully saturated rings. The molecular weight excluding hydrogens is 244 g/mol. The van der Waals surface area contributed by atoms with Crippen molar-refractivity contribution in [2.75, 3.05) is 25.7 Å².